The lowest BCUT2D eigenvalue weighted by Crippen LogP contribution is -2.37. The molecule has 1 atom stereocenters. The van der Waals surface area contributed by atoms with Gasteiger partial charge in [-0.15, -0.1) is 0 Å². The number of rotatable bonds is 1. The highest BCUT2D eigenvalue weighted by Crippen LogP contribution is 2.28. The van der Waals surface area contributed by atoms with Gasteiger partial charge in [0, 0.05) is 31.2 Å². The predicted molar refractivity (Wildman–Crippen MR) is 61.3 cm³/mol. The van der Waals surface area contributed by atoms with E-state index in [1.807, 2.05) is 18.2 Å². The van der Waals surface area contributed by atoms with Crippen molar-refractivity contribution in [3.05, 3.63) is 28.8 Å². The molecule has 15 heavy (non-hydrogen) atoms. The first-order valence-corrected chi connectivity index (χ1v) is 5.22. The summed E-state index contributed by atoms with van der Waals surface area (Å²) < 4.78 is 0. The number of benzene rings is 1. The number of hydrogen-bond donors (Lipinski definition) is 1. The Morgan fingerprint density at radius 3 is 2.93 bits per heavy atom. The van der Waals surface area contributed by atoms with Crippen LogP contribution in [-0.2, 0) is 11.2 Å². The molecule has 3 nitrogen and oxygen atoms in total. The zero-order chi connectivity index (χ0) is 11.0. The average molecular weight is 225 g/mol. The first kappa shape index (κ1) is 10.3. The fourth-order valence-electron chi connectivity index (χ4n) is 1.79. The van der Waals surface area contributed by atoms with Crippen molar-refractivity contribution >= 4 is 23.2 Å². The van der Waals surface area contributed by atoms with Gasteiger partial charge in [-0.2, -0.15) is 0 Å². The molecule has 1 amide bonds. The van der Waals surface area contributed by atoms with Crippen LogP contribution in [0.15, 0.2) is 18.2 Å². The lowest BCUT2D eigenvalue weighted by molar-refractivity contribution is -0.129. The summed E-state index contributed by atoms with van der Waals surface area (Å²) in [7, 11) is 3.53. The molecule has 1 aromatic rings. The molecular weight excluding hydrogens is 212 g/mol. The molecule has 0 radical (unpaired) electrons. The summed E-state index contributed by atoms with van der Waals surface area (Å²) in [6.45, 7) is 0. The molecule has 4 heteroatoms. The van der Waals surface area contributed by atoms with Crippen molar-refractivity contribution < 1.29 is 4.79 Å². The maximum absolute atomic E-state index is 11.7. The Morgan fingerprint density at radius 2 is 2.27 bits per heavy atom. The van der Waals surface area contributed by atoms with Gasteiger partial charge in [-0.05, 0) is 23.8 Å². The number of fused-ring (bicyclic) bond motifs is 1. The maximum atomic E-state index is 11.7. The normalized spacial score (nSPS) is 18.2. The van der Waals surface area contributed by atoms with Crippen LogP contribution in [0.4, 0.5) is 5.69 Å². The summed E-state index contributed by atoms with van der Waals surface area (Å²) in [6.07, 6.45) is 0.715. The summed E-state index contributed by atoms with van der Waals surface area (Å²) >= 11 is 5.89. The number of nitrogens with zero attached hydrogens (tertiary/aromatic N) is 1. The largest absolute Gasteiger partial charge is 0.373 e. The second-order valence-corrected chi connectivity index (χ2v) is 4.37. The second-order valence-electron chi connectivity index (χ2n) is 3.94. The summed E-state index contributed by atoms with van der Waals surface area (Å²) in [6, 6.07) is 5.51. The van der Waals surface area contributed by atoms with Crippen molar-refractivity contribution in [3.8, 4) is 0 Å². The van der Waals surface area contributed by atoms with Crippen LogP contribution in [0.25, 0.3) is 0 Å². The summed E-state index contributed by atoms with van der Waals surface area (Å²) in [5.41, 5.74) is 2.13. The molecule has 0 saturated carbocycles. The number of amides is 1. The Bertz CT molecular complexity index is 404. The summed E-state index contributed by atoms with van der Waals surface area (Å²) in [5.74, 6) is 0.0994. The van der Waals surface area contributed by atoms with Crippen molar-refractivity contribution in [2.45, 2.75) is 12.5 Å². The van der Waals surface area contributed by atoms with E-state index in [4.69, 9.17) is 11.6 Å². The number of nitrogens with one attached hydrogen (secondary N) is 1. The number of carbonyl (C=O) groups is 1. The zero-order valence-electron chi connectivity index (χ0n) is 8.75. The van der Waals surface area contributed by atoms with Gasteiger partial charge in [0.1, 0.15) is 6.04 Å². The SMILES string of the molecule is CN(C)C(=O)[C@H]1Cc2cc(Cl)ccc2N1. The molecular formula is C11H13ClN2O. The van der Waals surface area contributed by atoms with E-state index < -0.39 is 0 Å². The molecule has 1 heterocycles. The van der Waals surface area contributed by atoms with Crippen LogP contribution in [0.3, 0.4) is 0 Å². The van der Waals surface area contributed by atoms with Crippen LogP contribution in [0.1, 0.15) is 5.56 Å². The number of anilines is 1. The number of likely N-dealkylation sites (N-methyl/N-ethyl adjacent to an activating group) is 1. The highest BCUT2D eigenvalue weighted by atomic mass is 35.5. The van der Waals surface area contributed by atoms with Gasteiger partial charge in [0.2, 0.25) is 5.91 Å². The van der Waals surface area contributed by atoms with E-state index in [1.54, 1.807) is 19.0 Å². The highest BCUT2D eigenvalue weighted by Gasteiger charge is 2.27. The second kappa shape index (κ2) is 3.74. The molecule has 2 rings (SSSR count). The van der Waals surface area contributed by atoms with Crippen molar-refractivity contribution in [3.63, 3.8) is 0 Å². The Balaban J connectivity index is 2.19. The molecule has 80 valence electrons. The van der Waals surface area contributed by atoms with E-state index in [-0.39, 0.29) is 11.9 Å². The van der Waals surface area contributed by atoms with Gasteiger partial charge in [-0.1, -0.05) is 11.6 Å². The average Bonchev–Trinajstić information content (AvgIpc) is 2.58. The summed E-state index contributed by atoms with van der Waals surface area (Å²) in [4.78, 5) is 13.3. The van der Waals surface area contributed by atoms with Gasteiger partial charge in [-0.25, -0.2) is 0 Å². The molecule has 0 fully saturated rings. The minimum absolute atomic E-state index is 0.0994. The molecule has 1 aromatic carbocycles. The van der Waals surface area contributed by atoms with E-state index >= 15 is 0 Å². The number of halogens is 1. The molecule has 0 unspecified atom stereocenters. The quantitative estimate of drug-likeness (QED) is 0.789. The predicted octanol–water partition coefficient (Wildman–Crippen LogP) is 1.76. The molecule has 0 aliphatic carbocycles. The van der Waals surface area contributed by atoms with Crippen LogP contribution in [-0.4, -0.2) is 30.9 Å². The van der Waals surface area contributed by atoms with Gasteiger partial charge in [-0.3, -0.25) is 4.79 Å². The molecule has 0 bridgehead atoms. The van der Waals surface area contributed by atoms with E-state index in [0.717, 1.165) is 11.3 Å². The Hall–Kier alpha value is -1.22. The first-order valence-electron chi connectivity index (χ1n) is 4.84. The smallest absolute Gasteiger partial charge is 0.244 e. The highest BCUT2D eigenvalue weighted by molar-refractivity contribution is 6.30. The topological polar surface area (TPSA) is 32.3 Å². The molecule has 1 N–H and O–H groups in total. The van der Waals surface area contributed by atoms with Crippen LogP contribution < -0.4 is 5.32 Å². The monoisotopic (exact) mass is 224 g/mol. The summed E-state index contributed by atoms with van der Waals surface area (Å²) in [5, 5.41) is 3.91. The van der Waals surface area contributed by atoms with Crippen LogP contribution in [0.5, 0.6) is 0 Å². The standard InChI is InChI=1S/C11H13ClN2O/c1-14(2)11(15)10-6-7-5-8(12)3-4-9(7)13-10/h3-5,10,13H,6H2,1-2H3/t10-/m1/s1. The Morgan fingerprint density at radius 1 is 1.53 bits per heavy atom. The van der Waals surface area contributed by atoms with Gasteiger partial charge in [0.05, 0.1) is 0 Å². The van der Waals surface area contributed by atoms with Crippen LogP contribution >= 0.6 is 11.6 Å². The number of carbonyl (C=O) groups excluding carboxylic acids is 1. The van der Waals surface area contributed by atoms with Crippen molar-refractivity contribution in [1.29, 1.82) is 0 Å². The molecule has 1 aliphatic rings. The van der Waals surface area contributed by atoms with Crippen molar-refractivity contribution in [1.82, 2.24) is 4.90 Å². The third-order valence-corrected chi connectivity index (χ3v) is 2.80. The van der Waals surface area contributed by atoms with Gasteiger partial charge >= 0.3 is 0 Å². The fraction of sp³-hybridized carbons (Fsp3) is 0.364. The van der Waals surface area contributed by atoms with Gasteiger partial charge < -0.3 is 10.2 Å². The van der Waals surface area contributed by atoms with Crippen molar-refractivity contribution in [2.75, 3.05) is 19.4 Å². The minimum atomic E-state index is -0.145. The third kappa shape index (κ3) is 1.92. The van der Waals surface area contributed by atoms with E-state index in [1.165, 1.54) is 0 Å². The van der Waals surface area contributed by atoms with Crippen LogP contribution in [0, 0.1) is 0 Å². The molecule has 1 aliphatic heterocycles. The van der Waals surface area contributed by atoms with E-state index in [0.29, 0.717) is 11.4 Å². The Kier molecular flexibility index (Phi) is 2.57. The van der Waals surface area contributed by atoms with Crippen LogP contribution in [0.2, 0.25) is 5.02 Å². The molecule has 0 aromatic heterocycles. The number of hydrogen-bond acceptors (Lipinski definition) is 2. The van der Waals surface area contributed by atoms with E-state index in [9.17, 15) is 4.79 Å². The first-order chi connectivity index (χ1) is 7.08. The zero-order valence-corrected chi connectivity index (χ0v) is 9.51. The molecule has 0 saturated heterocycles. The fourth-order valence-corrected chi connectivity index (χ4v) is 1.99. The molecule has 0 spiro atoms. The van der Waals surface area contributed by atoms with Crippen molar-refractivity contribution in [2.24, 2.45) is 0 Å². The lowest BCUT2D eigenvalue weighted by Gasteiger charge is -2.16. The Labute approximate surface area is 94.0 Å². The van der Waals surface area contributed by atoms with Gasteiger partial charge in [0.25, 0.3) is 0 Å². The lowest BCUT2D eigenvalue weighted by atomic mass is 10.1. The van der Waals surface area contributed by atoms with Gasteiger partial charge in [0.15, 0.2) is 0 Å². The third-order valence-electron chi connectivity index (χ3n) is 2.56. The minimum Gasteiger partial charge on any atom is -0.373 e. The maximum Gasteiger partial charge on any atom is 0.244 e. The van der Waals surface area contributed by atoms with E-state index in [2.05, 4.69) is 5.32 Å².